The first kappa shape index (κ1) is 14.5. The molecule has 0 radical (unpaired) electrons. The zero-order valence-electron chi connectivity index (χ0n) is 11.3. The first-order valence-corrected chi connectivity index (χ1v) is 6.73. The number of carbonyl (C=O) groups excluding carboxylic acids is 1. The van der Waals surface area contributed by atoms with Crippen LogP contribution in [0.3, 0.4) is 0 Å². The number of hydrogen-bond acceptors (Lipinski definition) is 3. The number of ether oxygens (including phenoxy) is 1. The summed E-state index contributed by atoms with van der Waals surface area (Å²) in [7, 11) is 1.68. The van der Waals surface area contributed by atoms with E-state index in [1.807, 2.05) is 0 Å². The smallest absolute Gasteiger partial charge is 0.240 e. The van der Waals surface area contributed by atoms with Crippen molar-refractivity contribution in [2.75, 3.05) is 20.3 Å². The topological polar surface area (TPSA) is 50.4 Å². The average Bonchev–Trinajstić information content (AvgIpc) is 2.79. The molecule has 1 fully saturated rings. The van der Waals surface area contributed by atoms with Gasteiger partial charge in [-0.15, -0.1) is 0 Å². The summed E-state index contributed by atoms with van der Waals surface area (Å²) in [4.78, 5) is 12.3. The van der Waals surface area contributed by atoms with Crippen LogP contribution >= 0.6 is 0 Å². The molecule has 1 rings (SSSR count). The van der Waals surface area contributed by atoms with Crippen molar-refractivity contribution < 1.29 is 9.53 Å². The molecule has 0 aliphatic carbocycles. The molecule has 1 amide bonds. The van der Waals surface area contributed by atoms with Crippen molar-refractivity contribution in [3.8, 4) is 0 Å². The molecule has 2 atom stereocenters. The first-order chi connectivity index (χ1) is 8.18. The van der Waals surface area contributed by atoms with Gasteiger partial charge in [-0.05, 0) is 32.2 Å². The number of hydrogen-bond donors (Lipinski definition) is 2. The summed E-state index contributed by atoms with van der Waals surface area (Å²) in [5, 5.41) is 6.48. The molecular weight excluding hydrogens is 216 g/mol. The molecule has 100 valence electrons. The molecular formula is C13H26N2O2. The van der Waals surface area contributed by atoms with Crippen LogP contribution in [0, 0.1) is 0 Å². The molecule has 0 spiro atoms. The van der Waals surface area contributed by atoms with Gasteiger partial charge in [0.25, 0.3) is 0 Å². The highest BCUT2D eigenvalue weighted by Gasteiger charge is 2.39. The number of amides is 1. The van der Waals surface area contributed by atoms with Crippen molar-refractivity contribution in [3.05, 3.63) is 0 Å². The third kappa shape index (κ3) is 3.68. The zero-order valence-corrected chi connectivity index (χ0v) is 11.3. The number of rotatable bonds is 7. The minimum Gasteiger partial charge on any atom is -0.383 e. The summed E-state index contributed by atoms with van der Waals surface area (Å²) in [6.45, 7) is 5.74. The number of carbonyl (C=O) groups is 1. The van der Waals surface area contributed by atoms with Gasteiger partial charge in [0.2, 0.25) is 5.91 Å². The van der Waals surface area contributed by atoms with Gasteiger partial charge < -0.3 is 15.4 Å². The monoisotopic (exact) mass is 242 g/mol. The van der Waals surface area contributed by atoms with E-state index in [4.69, 9.17) is 4.74 Å². The molecule has 0 aromatic heterocycles. The van der Waals surface area contributed by atoms with Gasteiger partial charge in [0.05, 0.1) is 18.2 Å². The van der Waals surface area contributed by atoms with Crippen molar-refractivity contribution in [3.63, 3.8) is 0 Å². The van der Waals surface area contributed by atoms with Crippen LogP contribution in [0.4, 0.5) is 0 Å². The lowest BCUT2D eigenvalue weighted by molar-refractivity contribution is -0.128. The molecule has 0 aromatic rings. The maximum atomic E-state index is 12.3. The largest absolute Gasteiger partial charge is 0.383 e. The van der Waals surface area contributed by atoms with Crippen LogP contribution in [0.2, 0.25) is 0 Å². The first-order valence-electron chi connectivity index (χ1n) is 6.73. The molecule has 0 aromatic carbocycles. The van der Waals surface area contributed by atoms with E-state index < -0.39 is 0 Å². The van der Waals surface area contributed by atoms with E-state index >= 15 is 0 Å². The molecule has 4 nitrogen and oxygen atoms in total. The Morgan fingerprint density at radius 2 is 2.29 bits per heavy atom. The second kappa shape index (κ2) is 6.97. The maximum Gasteiger partial charge on any atom is 0.240 e. The summed E-state index contributed by atoms with van der Waals surface area (Å²) in [5.41, 5.74) is -0.334. The summed E-state index contributed by atoms with van der Waals surface area (Å²) < 4.78 is 5.15. The van der Waals surface area contributed by atoms with Gasteiger partial charge in [0.1, 0.15) is 0 Å². The van der Waals surface area contributed by atoms with Crippen molar-refractivity contribution in [2.45, 2.75) is 57.5 Å². The third-order valence-electron chi connectivity index (χ3n) is 3.62. The van der Waals surface area contributed by atoms with E-state index in [2.05, 4.69) is 24.5 Å². The summed E-state index contributed by atoms with van der Waals surface area (Å²) in [6, 6.07) is 0.142. The fraction of sp³-hybridized carbons (Fsp3) is 0.923. The minimum atomic E-state index is -0.334. The average molecular weight is 242 g/mol. The SMILES string of the molecule is CCCC(COC)NC(=O)C1(CC)CCCN1. The molecule has 1 heterocycles. The highest BCUT2D eigenvalue weighted by Crippen LogP contribution is 2.23. The highest BCUT2D eigenvalue weighted by atomic mass is 16.5. The Hall–Kier alpha value is -0.610. The van der Waals surface area contributed by atoms with Gasteiger partial charge in [-0.1, -0.05) is 20.3 Å². The van der Waals surface area contributed by atoms with Crippen LogP contribution in [0.25, 0.3) is 0 Å². The predicted molar refractivity (Wildman–Crippen MR) is 69.0 cm³/mol. The van der Waals surface area contributed by atoms with Crippen LogP contribution < -0.4 is 10.6 Å². The van der Waals surface area contributed by atoms with Crippen molar-refractivity contribution in [1.82, 2.24) is 10.6 Å². The standard InChI is InChI=1S/C13H26N2O2/c1-4-7-11(10-17-3)15-12(16)13(5-2)8-6-9-14-13/h11,14H,4-10H2,1-3H3,(H,15,16). The van der Waals surface area contributed by atoms with Crippen molar-refractivity contribution in [1.29, 1.82) is 0 Å². The van der Waals surface area contributed by atoms with Gasteiger partial charge in [-0.3, -0.25) is 4.79 Å². The van der Waals surface area contributed by atoms with E-state index in [9.17, 15) is 4.79 Å². The van der Waals surface area contributed by atoms with E-state index in [1.165, 1.54) is 0 Å². The number of nitrogens with one attached hydrogen (secondary N) is 2. The Kier molecular flexibility index (Phi) is 5.92. The van der Waals surface area contributed by atoms with E-state index in [1.54, 1.807) is 7.11 Å². The molecule has 1 saturated heterocycles. The Bertz CT molecular complexity index is 232. The fourth-order valence-corrected chi connectivity index (χ4v) is 2.53. The van der Waals surface area contributed by atoms with Gasteiger partial charge in [-0.2, -0.15) is 0 Å². The van der Waals surface area contributed by atoms with Gasteiger partial charge in [-0.25, -0.2) is 0 Å². The quantitative estimate of drug-likeness (QED) is 0.710. The highest BCUT2D eigenvalue weighted by molar-refractivity contribution is 5.86. The molecule has 1 aliphatic rings. The molecule has 0 bridgehead atoms. The van der Waals surface area contributed by atoms with Crippen molar-refractivity contribution >= 4 is 5.91 Å². The lowest BCUT2D eigenvalue weighted by Gasteiger charge is -2.29. The van der Waals surface area contributed by atoms with Crippen LogP contribution in [0.1, 0.15) is 46.0 Å². The lowest BCUT2D eigenvalue weighted by atomic mass is 9.92. The van der Waals surface area contributed by atoms with Gasteiger partial charge in [0, 0.05) is 7.11 Å². The lowest BCUT2D eigenvalue weighted by Crippen LogP contribution is -2.56. The minimum absolute atomic E-state index is 0.142. The van der Waals surface area contributed by atoms with Gasteiger partial charge >= 0.3 is 0 Å². The van der Waals surface area contributed by atoms with Crippen LogP contribution in [-0.4, -0.2) is 37.7 Å². The molecule has 17 heavy (non-hydrogen) atoms. The maximum absolute atomic E-state index is 12.3. The second-order valence-corrected chi connectivity index (χ2v) is 4.88. The van der Waals surface area contributed by atoms with Crippen molar-refractivity contribution in [2.24, 2.45) is 0 Å². The van der Waals surface area contributed by atoms with Crippen LogP contribution in [0.15, 0.2) is 0 Å². The molecule has 1 aliphatic heterocycles. The Morgan fingerprint density at radius 1 is 1.53 bits per heavy atom. The normalized spacial score (nSPS) is 25.8. The second-order valence-electron chi connectivity index (χ2n) is 4.88. The molecule has 2 unspecified atom stereocenters. The van der Waals surface area contributed by atoms with E-state index in [-0.39, 0.29) is 17.5 Å². The Balaban J connectivity index is 2.55. The van der Waals surface area contributed by atoms with Crippen LogP contribution in [-0.2, 0) is 9.53 Å². The molecule has 0 saturated carbocycles. The Labute approximate surface area is 104 Å². The fourth-order valence-electron chi connectivity index (χ4n) is 2.53. The predicted octanol–water partition coefficient (Wildman–Crippen LogP) is 1.45. The van der Waals surface area contributed by atoms with E-state index in [0.717, 1.165) is 38.6 Å². The van der Waals surface area contributed by atoms with E-state index in [0.29, 0.717) is 6.61 Å². The number of methoxy groups -OCH3 is 1. The van der Waals surface area contributed by atoms with Crippen LogP contribution in [0.5, 0.6) is 0 Å². The molecule has 4 heteroatoms. The third-order valence-corrected chi connectivity index (χ3v) is 3.62. The summed E-state index contributed by atoms with van der Waals surface area (Å²) in [5.74, 6) is 0.146. The summed E-state index contributed by atoms with van der Waals surface area (Å²) in [6.07, 6.45) is 4.91. The summed E-state index contributed by atoms with van der Waals surface area (Å²) >= 11 is 0. The molecule has 2 N–H and O–H groups in total. The van der Waals surface area contributed by atoms with Gasteiger partial charge in [0.15, 0.2) is 0 Å². The zero-order chi connectivity index (χ0) is 12.7. The Morgan fingerprint density at radius 3 is 2.76 bits per heavy atom.